The Morgan fingerprint density at radius 1 is 1.16 bits per heavy atom. The Bertz CT molecular complexity index is 743. The summed E-state index contributed by atoms with van der Waals surface area (Å²) in [4.78, 5) is 41.4. The average molecular weight is 410 g/mol. The SMILES string of the molecule is CCOC(=O)C1=Nc2c(Br)cccc2C1(CCC(C)=O)C(=O)OCC. The smallest absolute Gasteiger partial charge is 0.354 e. The van der Waals surface area contributed by atoms with Crippen molar-refractivity contribution < 1.29 is 23.9 Å². The Morgan fingerprint density at radius 3 is 2.44 bits per heavy atom. The largest absolute Gasteiger partial charge is 0.465 e. The molecule has 0 aliphatic carbocycles. The van der Waals surface area contributed by atoms with Gasteiger partial charge in [0.1, 0.15) is 16.9 Å². The maximum Gasteiger partial charge on any atom is 0.354 e. The Labute approximate surface area is 154 Å². The van der Waals surface area contributed by atoms with Crippen molar-refractivity contribution in [1.82, 2.24) is 0 Å². The van der Waals surface area contributed by atoms with Crippen LogP contribution in [0.15, 0.2) is 27.7 Å². The van der Waals surface area contributed by atoms with Gasteiger partial charge in [-0.15, -0.1) is 0 Å². The summed E-state index contributed by atoms with van der Waals surface area (Å²) in [6, 6.07) is 5.26. The van der Waals surface area contributed by atoms with Crippen molar-refractivity contribution in [3.05, 3.63) is 28.2 Å². The number of carbonyl (C=O) groups is 3. The van der Waals surface area contributed by atoms with E-state index in [2.05, 4.69) is 20.9 Å². The van der Waals surface area contributed by atoms with Crippen LogP contribution in [0.4, 0.5) is 5.69 Å². The number of halogens is 1. The maximum atomic E-state index is 12.9. The fourth-order valence-corrected chi connectivity index (χ4v) is 3.36. The van der Waals surface area contributed by atoms with Gasteiger partial charge in [-0.25, -0.2) is 9.79 Å². The molecule has 0 saturated carbocycles. The van der Waals surface area contributed by atoms with Crippen LogP contribution in [0.2, 0.25) is 0 Å². The molecule has 134 valence electrons. The molecule has 1 aromatic carbocycles. The molecule has 0 N–H and O–H groups in total. The number of benzene rings is 1. The lowest BCUT2D eigenvalue weighted by molar-refractivity contribution is -0.149. The van der Waals surface area contributed by atoms with Crippen LogP contribution in [0.25, 0.3) is 0 Å². The third-order valence-corrected chi connectivity index (χ3v) is 4.66. The molecule has 0 aromatic heterocycles. The number of rotatable bonds is 7. The van der Waals surface area contributed by atoms with E-state index in [0.29, 0.717) is 15.7 Å². The summed E-state index contributed by atoms with van der Waals surface area (Å²) in [6.45, 7) is 5.12. The standard InChI is InChI=1S/C18H20BrNO5/c1-4-24-16(22)15-18(10-9-11(3)21,17(23)25-5-2)12-7-6-8-13(19)14(12)20-15/h6-8H,4-5,9-10H2,1-3H3. The fourth-order valence-electron chi connectivity index (χ4n) is 2.91. The van der Waals surface area contributed by atoms with Crippen molar-refractivity contribution in [3.8, 4) is 0 Å². The lowest BCUT2D eigenvalue weighted by atomic mass is 9.73. The van der Waals surface area contributed by atoms with E-state index in [1.165, 1.54) is 6.92 Å². The van der Waals surface area contributed by atoms with Crippen LogP contribution < -0.4 is 0 Å². The Morgan fingerprint density at radius 2 is 1.84 bits per heavy atom. The third kappa shape index (κ3) is 3.51. The van der Waals surface area contributed by atoms with Crippen LogP contribution in [0.1, 0.15) is 39.2 Å². The summed E-state index contributed by atoms with van der Waals surface area (Å²) in [7, 11) is 0. The van der Waals surface area contributed by atoms with Gasteiger partial charge in [-0.05, 0) is 49.2 Å². The van der Waals surface area contributed by atoms with Crippen molar-refractivity contribution in [2.45, 2.75) is 39.0 Å². The number of carbonyl (C=O) groups excluding carboxylic acids is 3. The molecule has 0 fully saturated rings. The minimum Gasteiger partial charge on any atom is -0.465 e. The predicted octanol–water partition coefficient (Wildman–Crippen LogP) is 3.27. The highest BCUT2D eigenvalue weighted by Crippen LogP contribution is 2.47. The number of aliphatic imine (C=N–C) groups is 1. The van der Waals surface area contributed by atoms with E-state index >= 15 is 0 Å². The van der Waals surface area contributed by atoms with Crippen LogP contribution >= 0.6 is 15.9 Å². The van der Waals surface area contributed by atoms with Gasteiger partial charge in [0.25, 0.3) is 0 Å². The number of esters is 2. The van der Waals surface area contributed by atoms with Crippen molar-refractivity contribution >= 4 is 45.1 Å². The summed E-state index contributed by atoms with van der Waals surface area (Å²) >= 11 is 3.40. The van der Waals surface area contributed by atoms with Crippen molar-refractivity contribution in [1.29, 1.82) is 0 Å². The number of ketones is 1. The molecule has 0 bridgehead atoms. The predicted molar refractivity (Wildman–Crippen MR) is 96.1 cm³/mol. The number of para-hydroxylation sites is 1. The fraction of sp³-hybridized carbons (Fsp3) is 0.444. The highest BCUT2D eigenvalue weighted by atomic mass is 79.9. The highest BCUT2D eigenvalue weighted by molar-refractivity contribution is 9.10. The first-order valence-corrected chi connectivity index (χ1v) is 8.89. The highest BCUT2D eigenvalue weighted by Gasteiger charge is 2.54. The molecule has 1 aliphatic rings. The lowest BCUT2D eigenvalue weighted by Crippen LogP contribution is -2.47. The Balaban J connectivity index is 2.67. The zero-order valence-corrected chi connectivity index (χ0v) is 16.0. The minimum absolute atomic E-state index is 0.0315. The van der Waals surface area contributed by atoms with Gasteiger partial charge in [-0.3, -0.25) is 4.79 Å². The molecule has 2 rings (SSSR count). The quantitative estimate of drug-likeness (QED) is 0.645. The second-order valence-corrected chi connectivity index (χ2v) is 6.50. The maximum absolute atomic E-state index is 12.9. The number of hydrogen-bond donors (Lipinski definition) is 0. The number of fused-ring (bicyclic) bond motifs is 1. The van der Waals surface area contributed by atoms with E-state index < -0.39 is 17.4 Å². The van der Waals surface area contributed by atoms with E-state index in [9.17, 15) is 14.4 Å². The molecule has 25 heavy (non-hydrogen) atoms. The van der Waals surface area contributed by atoms with Crippen molar-refractivity contribution in [2.24, 2.45) is 4.99 Å². The summed E-state index contributed by atoms with van der Waals surface area (Å²) in [5, 5.41) is 0. The van der Waals surface area contributed by atoms with Gasteiger partial charge in [0, 0.05) is 16.5 Å². The van der Waals surface area contributed by atoms with Gasteiger partial charge in [-0.2, -0.15) is 0 Å². The van der Waals surface area contributed by atoms with E-state index in [-0.39, 0.29) is 37.6 Å². The van der Waals surface area contributed by atoms with Crippen LogP contribution in [-0.2, 0) is 29.3 Å². The van der Waals surface area contributed by atoms with Crippen LogP contribution in [-0.4, -0.2) is 36.6 Å². The van der Waals surface area contributed by atoms with Gasteiger partial charge >= 0.3 is 11.9 Å². The van der Waals surface area contributed by atoms with E-state index in [1.54, 1.807) is 32.0 Å². The minimum atomic E-state index is -1.44. The first-order chi connectivity index (χ1) is 11.9. The van der Waals surface area contributed by atoms with Gasteiger partial charge in [0.05, 0.1) is 18.9 Å². The average Bonchev–Trinajstić information content (AvgIpc) is 2.90. The monoisotopic (exact) mass is 409 g/mol. The molecule has 0 radical (unpaired) electrons. The molecule has 0 amide bonds. The van der Waals surface area contributed by atoms with Gasteiger partial charge < -0.3 is 14.3 Å². The molecule has 7 heteroatoms. The zero-order valence-electron chi connectivity index (χ0n) is 14.4. The first-order valence-electron chi connectivity index (χ1n) is 8.10. The van der Waals surface area contributed by atoms with E-state index in [1.807, 2.05) is 0 Å². The number of Topliss-reactive ketones (excluding diaryl/α,β-unsaturated/α-hetero) is 1. The summed E-state index contributed by atoms with van der Waals surface area (Å²) in [5.41, 5.74) is -0.435. The van der Waals surface area contributed by atoms with Crippen LogP contribution in [0, 0.1) is 0 Å². The second-order valence-electron chi connectivity index (χ2n) is 5.64. The molecule has 6 nitrogen and oxygen atoms in total. The Kier molecular flexibility index (Phi) is 6.11. The normalized spacial score (nSPS) is 18.3. The van der Waals surface area contributed by atoms with Gasteiger partial charge in [-0.1, -0.05) is 12.1 Å². The molecule has 1 atom stereocenters. The van der Waals surface area contributed by atoms with Crippen LogP contribution in [0.5, 0.6) is 0 Å². The first kappa shape index (κ1) is 19.3. The molecule has 0 spiro atoms. The van der Waals surface area contributed by atoms with Crippen molar-refractivity contribution in [2.75, 3.05) is 13.2 Å². The van der Waals surface area contributed by atoms with E-state index in [4.69, 9.17) is 9.47 Å². The van der Waals surface area contributed by atoms with Gasteiger partial charge in [0.2, 0.25) is 0 Å². The topological polar surface area (TPSA) is 82.0 Å². The Hall–Kier alpha value is -2.02. The zero-order chi connectivity index (χ0) is 18.6. The molecular formula is C18H20BrNO5. The van der Waals surface area contributed by atoms with Gasteiger partial charge in [0.15, 0.2) is 0 Å². The summed E-state index contributed by atoms with van der Waals surface area (Å²) < 4.78 is 11.0. The number of hydrogen-bond acceptors (Lipinski definition) is 6. The number of ether oxygens (including phenoxy) is 2. The molecule has 0 saturated heterocycles. The molecular weight excluding hydrogens is 390 g/mol. The van der Waals surface area contributed by atoms with E-state index in [0.717, 1.165) is 0 Å². The third-order valence-electron chi connectivity index (χ3n) is 4.02. The molecule has 1 unspecified atom stereocenters. The molecule has 1 aliphatic heterocycles. The van der Waals surface area contributed by atoms with Crippen molar-refractivity contribution in [3.63, 3.8) is 0 Å². The van der Waals surface area contributed by atoms with Crippen LogP contribution in [0.3, 0.4) is 0 Å². The summed E-state index contributed by atoms with van der Waals surface area (Å²) in [6.07, 6.45) is 0.214. The lowest BCUT2D eigenvalue weighted by Gasteiger charge is -2.28. The second kappa shape index (κ2) is 7.91. The molecule has 1 aromatic rings. The number of nitrogens with zero attached hydrogens (tertiary/aromatic N) is 1. The summed E-state index contributed by atoms with van der Waals surface area (Å²) in [5.74, 6) is -1.36. The molecule has 1 heterocycles.